The van der Waals surface area contributed by atoms with E-state index >= 15 is 0 Å². The van der Waals surface area contributed by atoms with Crippen LogP contribution < -0.4 is 0 Å². The molecule has 9 nitrogen and oxygen atoms in total. The number of esters is 2. The number of unbranched alkanes of at least 4 members (excludes halogenated alkanes) is 19. The largest absolute Gasteiger partial charge is 0.472 e. The summed E-state index contributed by atoms with van der Waals surface area (Å²) in [5.74, 6) is -0.867. The van der Waals surface area contributed by atoms with Crippen molar-refractivity contribution in [3.63, 3.8) is 0 Å². The maximum atomic E-state index is 12.7. The predicted molar refractivity (Wildman–Crippen MR) is 252 cm³/mol. The zero-order valence-corrected chi connectivity index (χ0v) is 40.1. The lowest BCUT2D eigenvalue weighted by molar-refractivity contribution is -0.870. The highest BCUT2D eigenvalue weighted by Gasteiger charge is 2.27. The molecule has 0 aliphatic carbocycles. The lowest BCUT2D eigenvalue weighted by atomic mass is 10.1. The number of quaternary nitrogens is 1. The van der Waals surface area contributed by atoms with Gasteiger partial charge in [-0.1, -0.05) is 164 Å². The summed E-state index contributed by atoms with van der Waals surface area (Å²) in [4.78, 5) is 35.4. The zero-order valence-electron chi connectivity index (χ0n) is 39.2. The minimum Gasteiger partial charge on any atom is -0.462 e. The minimum absolute atomic E-state index is 0.0210. The maximum absolute atomic E-state index is 12.7. The molecule has 0 aromatic carbocycles. The van der Waals surface area contributed by atoms with Crippen molar-refractivity contribution in [1.29, 1.82) is 0 Å². The molecule has 10 heteroatoms. The van der Waals surface area contributed by atoms with Crippen LogP contribution in [-0.2, 0) is 32.7 Å². The summed E-state index contributed by atoms with van der Waals surface area (Å²) in [6.45, 7) is 4.33. The molecule has 1 unspecified atom stereocenters. The molecule has 2 atom stereocenters. The van der Waals surface area contributed by atoms with E-state index in [4.69, 9.17) is 18.5 Å². The minimum atomic E-state index is -4.39. The Labute approximate surface area is 368 Å². The molecule has 0 saturated carbocycles. The summed E-state index contributed by atoms with van der Waals surface area (Å²) >= 11 is 0. The van der Waals surface area contributed by atoms with Gasteiger partial charge in [0.05, 0.1) is 27.7 Å². The van der Waals surface area contributed by atoms with Crippen LogP contribution in [0.15, 0.2) is 60.8 Å². The third-order valence-electron chi connectivity index (χ3n) is 10.0. The smallest absolute Gasteiger partial charge is 0.462 e. The van der Waals surface area contributed by atoms with Gasteiger partial charge in [0.15, 0.2) is 6.10 Å². The Balaban J connectivity index is 4.39. The quantitative estimate of drug-likeness (QED) is 0.0212. The summed E-state index contributed by atoms with van der Waals surface area (Å²) in [7, 11) is 1.44. The number of carbonyl (C=O) groups is 2. The molecule has 0 aliphatic heterocycles. The first-order chi connectivity index (χ1) is 29.0. The highest BCUT2D eigenvalue weighted by atomic mass is 31.2. The van der Waals surface area contributed by atoms with Crippen molar-refractivity contribution >= 4 is 19.8 Å². The monoisotopic (exact) mass is 865 g/mol. The van der Waals surface area contributed by atoms with Crippen LogP contribution in [0.4, 0.5) is 0 Å². The van der Waals surface area contributed by atoms with Crippen LogP contribution in [-0.4, -0.2) is 74.9 Å². The molecule has 0 radical (unpaired) electrons. The zero-order chi connectivity index (χ0) is 44.3. The van der Waals surface area contributed by atoms with Crippen molar-refractivity contribution in [2.45, 2.75) is 200 Å². The number of carbonyl (C=O) groups excluding carboxylic acids is 2. The van der Waals surface area contributed by atoms with Gasteiger partial charge in [0.25, 0.3) is 0 Å². The van der Waals surface area contributed by atoms with Crippen LogP contribution in [0.5, 0.6) is 0 Å². The van der Waals surface area contributed by atoms with Gasteiger partial charge >= 0.3 is 19.8 Å². The molecule has 0 aromatic heterocycles. The standard InChI is InChI=1S/C50H90NO8P/c1-6-8-10-12-14-16-18-20-22-24-25-27-29-31-33-35-37-39-41-43-50(53)59-48(47-58-60(54,55)57-45-44-51(3,4)5)46-56-49(52)42-40-38-36-34-32-30-28-26-23-21-19-17-15-13-11-9-7-2/h15,17,20-23,28,30,34,36,48H,6-14,16,18-19,24-27,29,31-33,35,37-47H2,1-5H3/p+1/b17-15-,22-20-,23-21-,30-28-,36-34-/t48-/m1/s1. The number of likely N-dealkylation sites (N-methyl/N-ethyl adjacent to an activating group) is 1. The molecule has 0 aromatic rings. The number of phosphoric acid groups is 1. The highest BCUT2D eigenvalue weighted by Crippen LogP contribution is 2.43. The molecule has 0 aliphatic rings. The van der Waals surface area contributed by atoms with Crippen LogP contribution in [0.2, 0.25) is 0 Å². The van der Waals surface area contributed by atoms with Crippen molar-refractivity contribution in [3.05, 3.63) is 60.8 Å². The van der Waals surface area contributed by atoms with Crippen LogP contribution >= 0.6 is 7.82 Å². The first-order valence-corrected chi connectivity index (χ1v) is 25.5. The van der Waals surface area contributed by atoms with Crippen LogP contribution in [0.3, 0.4) is 0 Å². The van der Waals surface area contributed by atoms with Gasteiger partial charge in [-0.15, -0.1) is 0 Å². The molecule has 0 rings (SSSR count). The van der Waals surface area contributed by atoms with E-state index in [1.54, 1.807) is 0 Å². The Morgan fingerprint density at radius 3 is 1.43 bits per heavy atom. The van der Waals surface area contributed by atoms with Crippen molar-refractivity contribution in [2.75, 3.05) is 47.5 Å². The molecule has 0 saturated heterocycles. The Kier molecular flexibility index (Phi) is 40.4. The van der Waals surface area contributed by atoms with E-state index in [9.17, 15) is 19.0 Å². The van der Waals surface area contributed by atoms with Gasteiger partial charge in [-0.3, -0.25) is 18.6 Å². The Bertz CT molecular complexity index is 1210. The molecule has 1 N–H and O–H groups in total. The Morgan fingerprint density at radius 2 is 0.917 bits per heavy atom. The van der Waals surface area contributed by atoms with E-state index in [1.807, 2.05) is 21.1 Å². The fourth-order valence-electron chi connectivity index (χ4n) is 6.24. The van der Waals surface area contributed by atoms with E-state index in [0.29, 0.717) is 23.9 Å². The average molecular weight is 865 g/mol. The first-order valence-electron chi connectivity index (χ1n) is 24.0. The van der Waals surface area contributed by atoms with Crippen molar-refractivity contribution in [1.82, 2.24) is 0 Å². The molecule has 0 amide bonds. The molecular formula is C50H91NO8P+. The highest BCUT2D eigenvalue weighted by molar-refractivity contribution is 7.47. The first kappa shape index (κ1) is 57.7. The van der Waals surface area contributed by atoms with Crippen molar-refractivity contribution < 1.29 is 42.1 Å². The summed E-state index contributed by atoms with van der Waals surface area (Å²) in [5.41, 5.74) is 0. The summed E-state index contributed by atoms with van der Waals surface area (Å²) < 4.78 is 34.3. The third-order valence-corrected chi connectivity index (χ3v) is 11.0. The van der Waals surface area contributed by atoms with Gasteiger partial charge in [0.1, 0.15) is 19.8 Å². The molecular weight excluding hydrogens is 774 g/mol. The van der Waals surface area contributed by atoms with E-state index in [1.165, 1.54) is 109 Å². The fraction of sp³-hybridized carbons (Fsp3) is 0.760. The van der Waals surface area contributed by atoms with E-state index < -0.39 is 32.5 Å². The number of hydrogen-bond acceptors (Lipinski definition) is 7. The number of phosphoric ester groups is 1. The van der Waals surface area contributed by atoms with Crippen LogP contribution in [0.1, 0.15) is 194 Å². The second-order valence-electron chi connectivity index (χ2n) is 17.1. The number of rotatable bonds is 43. The molecule has 0 fully saturated rings. The molecule has 0 bridgehead atoms. The lowest BCUT2D eigenvalue weighted by Gasteiger charge is -2.24. The molecule has 0 spiro atoms. The van der Waals surface area contributed by atoms with Crippen LogP contribution in [0, 0.1) is 0 Å². The Morgan fingerprint density at radius 1 is 0.517 bits per heavy atom. The van der Waals surface area contributed by atoms with Gasteiger partial charge in [-0.2, -0.15) is 0 Å². The third kappa shape index (κ3) is 45.2. The predicted octanol–water partition coefficient (Wildman–Crippen LogP) is 14.0. The van der Waals surface area contributed by atoms with E-state index in [-0.39, 0.29) is 26.1 Å². The van der Waals surface area contributed by atoms with Crippen molar-refractivity contribution in [3.8, 4) is 0 Å². The van der Waals surface area contributed by atoms with E-state index in [0.717, 1.165) is 44.9 Å². The fourth-order valence-corrected chi connectivity index (χ4v) is 6.98. The molecule has 60 heavy (non-hydrogen) atoms. The topological polar surface area (TPSA) is 108 Å². The number of allylic oxidation sites excluding steroid dienone is 10. The summed E-state index contributed by atoms with van der Waals surface area (Å²) in [6.07, 6.45) is 51.3. The van der Waals surface area contributed by atoms with Gasteiger partial charge in [0.2, 0.25) is 0 Å². The molecule has 348 valence electrons. The SMILES string of the molecule is CCCCC/C=C\C/C=C\C/C=C\C/C=C\CCCC(=O)OC[C@H](COP(=O)(O)OCC[N+](C)(C)C)OC(=O)CCCCCCCCCCC/C=C\CCCCCCCC. The summed E-state index contributed by atoms with van der Waals surface area (Å²) in [5, 5.41) is 0. The number of hydrogen-bond donors (Lipinski definition) is 1. The van der Waals surface area contributed by atoms with Crippen LogP contribution in [0.25, 0.3) is 0 Å². The normalized spacial score (nSPS) is 14.0. The summed E-state index contributed by atoms with van der Waals surface area (Å²) in [6, 6.07) is 0. The van der Waals surface area contributed by atoms with Crippen molar-refractivity contribution in [2.24, 2.45) is 0 Å². The number of ether oxygens (including phenoxy) is 2. The second kappa shape index (κ2) is 42.0. The second-order valence-corrected chi connectivity index (χ2v) is 18.6. The van der Waals surface area contributed by atoms with E-state index in [2.05, 4.69) is 74.6 Å². The maximum Gasteiger partial charge on any atom is 0.472 e. The molecule has 0 heterocycles. The Hall–Kier alpha value is -2.29. The van der Waals surface area contributed by atoms with Gasteiger partial charge in [-0.05, 0) is 77.0 Å². The lowest BCUT2D eigenvalue weighted by Crippen LogP contribution is -2.37. The van der Waals surface area contributed by atoms with Gasteiger partial charge in [-0.25, -0.2) is 4.57 Å². The average Bonchev–Trinajstić information content (AvgIpc) is 3.20. The van der Waals surface area contributed by atoms with Gasteiger partial charge < -0.3 is 18.9 Å². The van der Waals surface area contributed by atoms with Gasteiger partial charge in [0, 0.05) is 12.8 Å². The number of nitrogens with zero attached hydrogens (tertiary/aromatic N) is 1.